The van der Waals surface area contributed by atoms with Crippen molar-refractivity contribution < 1.29 is 4.74 Å². The molecular weight excluding hydrogens is 332 g/mol. The molecule has 144 valence electrons. The van der Waals surface area contributed by atoms with Crippen LogP contribution in [0.5, 0.6) is 6.01 Å². The van der Waals surface area contributed by atoms with Gasteiger partial charge in [0.2, 0.25) is 5.95 Å². The second kappa shape index (κ2) is 8.50. The predicted octanol–water partition coefficient (Wildman–Crippen LogP) is 0.923. The molecule has 26 heavy (non-hydrogen) atoms. The first-order chi connectivity index (χ1) is 12.6. The number of rotatable bonds is 8. The topological polar surface area (TPSA) is 106 Å². The minimum Gasteiger partial charge on any atom is -0.468 e. The zero-order valence-corrected chi connectivity index (χ0v) is 16.0. The van der Waals surface area contributed by atoms with Crippen molar-refractivity contribution in [3.63, 3.8) is 0 Å². The molecule has 0 radical (unpaired) electrons. The zero-order valence-electron chi connectivity index (χ0n) is 16.0. The summed E-state index contributed by atoms with van der Waals surface area (Å²) in [5, 5.41) is 6.64. The Balaban J connectivity index is 1.88. The van der Waals surface area contributed by atoms with Crippen LogP contribution in [-0.2, 0) is 6.54 Å². The van der Waals surface area contributed by atoms with Crippen molar-refractivity contribution in [2.45, 2.75) is 39.3 Å². The van der Waals surface area contributed by atoms with Gasteiger partial charge in [-0.1, -0.05) is 13.3 Å². The van der Waals surface area contributed by atoms with E-state index in [1.807, 2.05) is 4.57 Å². The van der Waals surface area contributed by atoms with E-state index in [1.54, 1.807) is 7.11 Å². The molecule has 0 bridgehead atoms. The van der Waals surface area contributed by atoms with Crippen LogP contribution in [0, 0.1) is 0 Å². The van der Waals surface area contributed by atoms with Gasteiger partial charge in [0.05, 0.1) is 7.11 Å². The first-order valence-corrected chi connectivity index (χ1v) is 9.40. The Bertz CT molecular complexity index is 725. The molecule has 1 aliphatic rings. The van der Waals surface area contributed by atoms with E-state index < -0.39 is 0 Å². The van der Waals surface area contributed by atoms with Crippen LogP contribution in [0.1, 0.15) is 26.7 Å². The smallest absolute Gasteiger partial charge is 0.298 e. The number of methoxy groups -OCH3 is 1. The third kappa shape index (κ3) is 3.99. The van der Waals surface area contributed by atoms with Gasteiger partial charge in [-0.05, 0) is 13.3 Å². The van der Waals surface area contributed by atoms with Gasteiger partial charge in [-0.25, -0.2) is 0 Å². The summed E-state index contributed by atoms with van der Waals surface area (Å²) in [4.78, 5) is 16.0. The minimum atomic E-state index is 0.344. The molecule has 3 rings (SSSR count). The average Bonchev–Trinajstić information content (AvgIpc) is 3.01. The number of hydrogen-bond acceptors (Lipinski definition) is 8. The average molecular weight is 362 g/mol. The van der Waals surface area contributed by atoms with E-state index in [0.29, 0.717) is 29.3 Å². The molecule has 1 unspecified atom stereocenters. The van der Waals surface area contributed by atoms with Crippen molar-refractivity contribution in [1.29, 1.82) is 0 Å². The molecule has 1 saturated heterocycles. The Morgan fingerprint density at radius 1 is 1.27 bits per heavy atom. The number of hydrogen-bond donors (Lipinski definition) is 3. The Morgan fingerprint density at radius 2 is 2.04 bits per heavy atom. The highest BCUT2D eigenvalue weighted by atomic mass is 16.5. The predicted molar refractivity (Wildman–Crippen MR) is 104 cm³/mol. The SMILES string of the molecule is CCCCNc1nc(N)c2nc(OC)n(CC(C)N3CCNCC3)c2n1. The van der Waals surface area contributed by atoms with Gasteiger partial charge in [-0.3, -0.25) is 9.47 Å². The molecule has 0 spiro atoms. The molecule has 9 heteroatoms. The monoisotopic (exact) mass is 362 g/mol. The van der Waals surface area contributed by atoms with E-state index in [9.17, 15) is 0 Å². The fourth-order valence-corrected chi connectivity index (χ4v) is 3.28. The maximum atomic E-state index is 6.13. The number of anilines is 2. The van der Waals surface area contributed by atoms with E-state index in [0.717, 1.165) is 57.8 Å². The lowest BCUT2D eigenvalue weighted by Crippen LogP contribution is -2.48. The number of piperazine rings is 1. The Kier molecular flexibility index (Phi) is 6.10. The molecule has 0 aliphatic carbocycles. The normalized spacial score (nSPS) is 16.7. The van der Waals surface area contributed by atoms with Gasteiger partial charge in [0, 0.05) is 45.3 Å². The number of imidazole rings is 1. The highest BCUT2D eigenvalue weighted by Gasteiger charge is 2.22. The van der Waals surface area contributed by atoms with Gasteiger partial charge >= 0.3 is 0 Å². The van der Waals surface area contributed by atoms with Gasteiger partial charge in [0.15, 0.2) is 17.0 Å². The second-order valence-electron chi connectivity index (χ2n) is 6.73. The van der Waals surface area contributed by atoms with E-state index in [1.165, 1.54) is 0 Å². The Morgan fingerprint density at radius 3 is 2.73 bits per heavy atom. The summed E-state index contributed by atoms with van der Waals surface area (Å²) in [5.41, 5.74) is 7.44. The van der Waals surface area contributed by atoms with Gasteiger partial charge in [0.1, 0.15) is 0 Å². The lowest BCUT2D eigenvalue weighted by atomic mass is 10.2. The highest BCUT2D eigenvalue weighted by Crippen LogP contribution is 2.25. The van der Waals surface area contributed by atoms with Crippen LogP contribution in [0.3, 0.4) is 0 Å². The van der Waals surface area contributed by atoms with Crippen molar-refractivity contribution in [1.82, 2.24) is 29.7 Å². The first-order valence-electron chi connectivity index (χ1n) is 9.40. The fraction of sp³-hybridized carbons (Fsp3) is 0.706. The highest BCUT2D eigenvalue weighted by molar-refractivity contribution is 5.84. The molecule has 0 amide bonds. The van der Waals surface area contributed by atoms with E-state index >= 15 is 0 Å². The maximum absolute atomic E-state index is 6.13. The standard InChI is InChI=1S/C17H30N8O/c1-4-5-6-20-16-22-14(18)13-15(23-16)25(17(21-13)26-3)11-12(2)24-9-7-19-8-10-24/h12,19H,4-11H2,1-3H3,(H3,18,20,22,23). The number of fused-ring (bicyclic) bond motifs is 1. The summed E-state index contributed by atoms with van der Waals surface area (Å²) in [6.45, 7) is 10.1. The molecule has 0 aromatic carbocycles. The van der Waals surface area contributed by atoms with Crippen LogP contribution in [-0.4, -0.2) is 70.3 Å². The van der Waals surface area contributed by atoms with Crippen molar-refractivity contribution in [3.05, 3.63) is 0 Å². The summed E-state index contributed by atoms with van der Waals surface area (Å²) in [7, 11) is 1.62. The van der Waals surface area contributed by atoms with Crippen LogP contribution >= 0.6 is 0 Å². The molecule has 0 saturated carbocycles. The maximum Gasteiger partial charge on any atom is 0.298 e. The van der Waals surface area contributed by atoms with Crippen molar-refractivity contribution in [2.24, 2.45) is 0 Å². The van der Waals surface area contributed by atoms with Crippen molar-refractivity contribution >= 4 is 22.9 Å². The number of aromatic nitrogens is 4. The minimum absolute atomic E-state index is 0.344. The number of nitrogens with two attached hydrogens (primary N) is 1. The van der Waals surface area contributed by atoms with Crippen LogP contribution in [0.25, 0.3) is 11.2 Å². The van der Waals surface area contributed by atoms with Crippen LogP contribution < -0.4 is 21.1 Å². The van der Waals surface area contributed by atoms with Crippen LogP contribution in [0.2, 0.25) is 0 Å². The van der Waals surface area contributed by atoms with Gasteiger partial charge < -0.3 is 21.1 Å². The molecule has 4 N–H and O–H groups in total. The zero-order chi connectivity index (χ0) is 18.5. The van der Waals surface area contributed by atoms with Gasteiger partial charge in [-0.2, -0.15) is 15.0 Å². The fourth-order valence-electron chi connectivity index (χ4n) is 3.28. The number of nitrogens with one attached hydrogen (secondary N) is 2. The largest absolute Gasteiger partial charge is 0.468 e. The van der Waals surface area contributed by atoms with Gasteiger partial charge in [-0.15, -0.1) is 0 Å². The lowest BCUT2D eigenvalue weighted by molar-refractivity contribution is 0.167. The van der Waals surface area contributed by atoms with Crippen LogP contribution in [0.4, 0.5) is 11.8 Å². The molecule has 2 aromatic rings. The quantitative estimate of drug-likeness (QED) is 0.595. The molecule has 9 nitrogen and oxygen atoms in total. The number of nitrogen functional groups attached to an aromatic ring is 1. The summed E-state index contributed by atoms with van der Waals surface area (Å²) in [5.74, 6) is 0.919. The van der Waals surface area contributed by atoms with E-state index in [2.05, 4.69) is 44.3 Å². The van der Waals surface area contributed by atoms with E-state index in [4.69, 9.17) is 10.5 Å². The van der Waals surface area contributed by atoms with Crippen molar-refractivity contribution in [3.8, 4) is 6.01 Å². The van der Waals surface area contributed by atoms with Crippen molar-refractivity contribution in [2.75, 3.05) is 50.9 Å². The summed E-state index contributed by atoms with van der Waals surface area (Å²) < 4.78 is 7.49. The van der Waals surface area contributed by atoms with E-state index in [-0.39, 0.29) is 0 Å². The summed E-state index contributed by atoms with van der Waals surface area (Å²) >= 11 is 0. The third-order valence-corrected chi connectivity index (χ3v) is 4.80. The number of ether oxygens (including phenoxy) is 1. The summed E-state index contributed by atoms with van der Waals surface area (Å²) in [6.07, 6.45) is 2.17. The lowest BCUT2D eigenvalue weighted by Gasteiger charge is -2.33. The second-order valence-corrected chi connectivity index (χ2v) is 6.73. The van der Waals surface area contributed by atoms with Gasteiger partial charge in [0.25, 0.3) is 6.01 Å². The molecule has 1 aliphatic heterocycles. The number of nitrogens with zero attached hydrogens (tertiary/aromatic N) is 5. The molecule has 1 atom stereocenters. The Labute approximate surface area is 154 Å². The molecule has 3 heterocycles. The summed E-state index contributed by atoms with van der Waals surface area (Å²) in [6, 6.07) is 0.866. The Hall–Kier alpha value is -2.13. The molecule has 2 aromatic heterocycles. The third-order valence-electron chi connectivity index (χ3n) is 4.80. The first kappa shape index (κ1) is 18.7. The number of unbranched alkanes of at least 4 members (excludes halogenated alkanes) is 1. The molecular formula is C17H30N8O. The molecule has 1 fully saturated rings. The van der Waals surface area contributed by atoms with Crippen LogP contribution in [0.15, 0.2) is 0 Å².